The first-order valence-corrected chi connectivity index (χ1v) is 6.61. The lowest BCUT2D eigenvalue weighted by molar-refractivity contribution is -0.149. The van der Waals surface area contributed by atoms with Crippen LogP contribution in [0.15, 0.2) is 0 Å². The zero-order chi connectivity index (χ0) is 13.9. The summed E-state index contributed by atoms with van der Waals surface area (Å²) in [4.78, 5) is 14.4. The molecule has 5 nitrogen and oxygen atoms in total. The maximum Gasteiger partial charge on any atom is 0.233 e. The number of aliphatic hydroxyl groups excluding tert-OH is 1. The minimum absolute atomic E-state index is 0.0177. The molecule has 1 fully saturated rings. The van der Waals surface area contributed by atoms with Gasteiger partial charge in [-0.15, -0.1) is 0 Å². The Morgan fingerprint density at radius 1 is 1.61 bits per heavy atom. The molecule has 1 aliphatic rings. The number of ether oxygens (including phenoxy) is 1. The fourth-order valence-electron chi connectivity index (χ4n) is 2.15. The van der Waals surface area contributed by atoms with Crippen molar-refractivity contribution in [3.05, 3.63) is 0 Å². The van der Waals surface area contributed by atoms with E-state index in [-0.39, 0.29) is 35.6 Å². The number of thiocarbonyl (C=S) groups is 1. The molecule has 0 radical (unpaired) electrons. The summed E-state index contributed by atoms with van der Waals surface area (Å²) in [5.74, 6) is -0.440. The third-order valence-electron chi connectivity index (χ3n) is 3.23. The monoisotopic (exact) mass is 274 g/mol. The van der Waals surface area contributed by atoms with Crippen LogP contribution in [0.1, 0.15) is 20.8 Å². The molecule has 1 saturated heterocycles. The third-order valence-corrected chi connectivity index (χ3v) is 3.49. The van der Waals surface area contributed by atoms with E-state index in [9.17, 15) is 4.79 Å². The van der Waals surface area contributed by atoms with Crippen molar-refractivity contribution in [2.24, 2.45) is 17.6 Å². The Morgan fingerprint density at radius 2 is 2.22 bits per heavy atom. The van der Waals surface area contributed by atoms with E-state index in [2.05, 4.69) is 0 Å². The van der Waals surface area contributed by atoms with Gasteiger partial charge in [-0.05, 0) is 12.8 Å². The highest BCUT2D eigenvalue weighted by molar-refractivity contribution is 7.80. The van der Waals surface area contributed by atoms with Gasteiger partial charge in [-0.3, -0.25) is 4.79 Å². The van der Waals surface area contributed by atoms with Crippen LogP contribution in [0.2, 0.25) is 0 Å². The third kappa shape index (κ3) is 3.40. The number of morpholine rings is 1. The second-order valence-electron chi connectivity index (χ2n) is 5.10. The van der Waals surface area contributed by atoms with Crippen LogP contribution in [-0.2, 0) is 9.53 Å². The van der Waals surface area contributed by atoms with Crippen molar-refractivity contribution in [1.29, 1.82) is 0 Å². The highest BCUT2D eigenvalue weighted by Crippen LogP contribution is 2.20. The molecule has 0 saturated carbocycles. The molecule has 0 aromatic rings. The molecule has 0 aromatic heterocycles. The summed E-state index contributed by atoms with van der Waals surface area (Å²) in [6, 6.07) is -0.0177. The molecule has 104 valence electrons. The van der Waals surface area contributed by atoms with E-state index in [1.54, 1.807) is 4.90 Å². The lowest BCUT2D eigenvalue weighted by Gasteiger charge is -2.39. The van der Waals surface area contributed by atoms with Gasteiger partial charge in [0.25, 0.3) is 0 Å². The van der Waals surface area contributed by atoms with Gasteiger partial charge in [-0.2, -0.15) is 0 Å². The molecule has 0 aromatic carbocycles. The van der Waals surface area contributed by atoms with Crippen LogP contribution in [0, 0.1) is 11.8 Å². The maximum absolute atomic E-state index is 12.5. The van der Waals surface area contributed by atoms with Gasteiger partial charge in [-0.25, -0.2) is 0 Å². The molecule has 1 aliphatic heterocycles. The van der Waals surface area contributed by atoms with Gasteiger partial charge >= 0.3 is 0 Å². The number of amides is 1. The normalized spacial score (nSPS) is 26.2. The molecule has 3 unspecified atom stereocenters. The summed E-state index contributed by atoms with van der Waals surface area (Å²) in [6.45, 7) is 6.51. The molecular formula is C12H22N2O3S. The molecule has 3 atom stereocenters. The average Bonchev–Trinajstić information content (AvgIpc) is 2.28. The van der Waals surface area contributed by atoms with Gasteiger partial charge in [0.1, 0.15) is 0 Å². The number of carbonyl (C=O) groups is 1. The summed E-state index contributed by atoms with van der Waals surface area (Å²) in [5, 5.41) is 9.12. The number of rotatable bonds is 4. The van der Waals surface area contributed by atoms with Gasteiger partial charge < -0.3 is 20.5 Å². The summed E-state index contributed by atoms with van der Waals surface area (Å²) in [7, 11) is 0. The molecule has 0 aliphatic carbocycles. The smallest absolute Gasteiger partial charge is 0.233 e. The first kappa shape index (κ1) is 15.3. The molecule has 18 heavy (non-hydrogen) atoms. The summed E-state index contributed by atoms with van der Waals surface area (Å²) < 4.78 is 5.41. The van der Waals surface area contributed by atoms with Crippen molar-refractivity contribution in [1.82, 2.24) is 4.90 Å². The lowest BCUT2D eigenvalue weighted by Crippen LogP contribution is -2.55. The van der Waals surface area contributed by atoms with Crippen molar-refractivity contribution >= 4 is 23.1 Å². The highest BCUT2D eigenvalue weighted by atomic mass is 32.1. The molecular weight excluding hydrogens is 252 g/mol. The predicted molar refractivity (Wildman–Crippen MR) is 73.1 cm³/mol. The SMILES string of the molecule is CC(C)C(C(=O)N1CC(CO)OCC1C)C(N)=S. The van der Waals surface area contributed by atoms with Crippen LogP contribution in [0.25, 0.3) is 0 Å². The summed E-state index contributed by atoms with van der Waals surface area (Å²) in [6.07, 6.45) is -0.315. The number of aliphatic hydroxyl groups is 1. The molecule has 1 heterocycles. The van der Waals surface area contributed by atoms with Crippen molar-refractivity contribution in [3.8, 4) is 0 Å². The van der Waals surface area contributed by atoms with E-state index >= 15 is 0 Å². The second-order valence-corrected chi connectivity index (χ2v) is 5.57. The number of carbonyl (C=O) groups excluding carboxylic acids is 1. The van der Waals surface area contributed by atoms with Crippen LogP contribution in [0.4, 0.5) is 0 Å². The van der Waals surface area contributed by atoms with E-state index in [0.29, 0.717) is 13.2 Å². The standard InChI is InChI=1S/C12H22N2O3S/c1-7(2)10(11(13)18)12(16)14-4-9(5-15)17-6-8(14)3/h7-10,15H,4-6H2,1-3H3,(H2,13,18). The second kappa shape index (κ2) is 6.45. The molecule has 0 spiro atoms. The molecule has 3 N–H and O–H groups in total. The Kier molecular flexibility index (Phi) is 5.49. The van der Waals surface area contributed by atoms with Gasteiger partial charge in [0.2, 0.25) is 5.91 Å². The molecule has 0 bridgehead atoms. The molecule has 1 rings (SSSR count). The van der Waals surface area contributed by atoms with Crippen LogP contribution < -0.4 is 5.73 Å². The topological polar surface area (TPSA) is 75.8 Å². The number of nitrogens with two attached hydrogens (primary N) is 1. The summed E-state index contributed by atoms with van der Waals surface area (Å²) >= 11 is 4.98. The fraction of sp³-hybridized carbons (Fsp3) is 0.833. The minimum Gasteiger partial charge on any atom is -0.394 e. The van der Waals surface area contributed by atoms with E-state index in [0.717, 1.165) is 0 Å². The largest absolute Gasteiger partial charge is 0.394 e. The Balaban J connectivity index is 2.82. The minimum atomic E-state index is -0.445. The van der Waals surface area contributed by atoms with E-state index in [4.69, 9.17) is 27.8 Å². The molecule has 6 heteroatoms. The van der Waals surface area contributed by atoms with E-state index in [1.807, 2.05) is 20.8 Å². The molecule has 1 amide bonds. The van der Waals surface area contributed by atoms with E-state index < -0.39 is 5.92 Å². The predicted octanol–water partition coefficient (Wildman–Crippen LogP) is 0.153. The number of hydrogen-bond acceptors (Lipinski definition) is 4. The quantitative estimate of drug-likeness (QED) is 0.714. The number of hydrogen-bond donors (Lipinski definition) is 2. The Bertz CT molecular complexity index is 322. The average molecular weight is 274 g/mol. The van der Waals surface area contributed by atoms with Crippen LogP contribution in [0.5, 0.6) is 0 Å². The van der Waals surface area contributed by atoms with Crippen molar-refractivity contribution in [2.45, 2.75) is 32.9 Å². The first-order valence-electron chi connectivity index (χ1n) is 6.20. The van der Waals surface area contributed by atoms with Crippen molar-refractivity contribution in [3.63, 3.8) is 0 Å². The highest BCUT2D eigenvalue weighted by Gasteiger charge is 2.35. The van der Waals surface area contributed by atoms with Crippen molar-refractivity contribution < 1.29 is 14.6 Å². The van der Waals surface area contributed by atoms with Crippen LogP contribution >= 0.6 is 12.2 Å². The maximum atomic E-state index is 12.5. The zero-order valence-electron chi connectivity index (χ0n) is 11.1. The Labute approximate surface area is 113 Å². The zero-order valence-corrected chi connectivity index (χ0v) is 11.9. The number of nitrogens with zero attached hydrogens (tertiary/aromatic N) is 1. The van der Waals surface area contributed by atoms with E-state index in [1.165, 1.54) is 0 Å². The van der Waals surface area contributed by atoms with Crippen LogP contribution in [0.3, 0.4) is 0 Å². The summed E-state index contributed by atoms with van der Waals surface area (Å²) in [5.41, 5.74) is 5.66. The Hall–Kier alpha value is -0.720. The van der Waals surface area contributed by atoms with Crippen LogP contribution in [-0.4, -0.2) is 52.8 Å². The lowest BCUT2D eigenvalue weighted by atomic mass is 9.93. The van der Waals surface area contributed by atoms with Gasteiger partial charge in [-0.1, -0.05) is 26.1 Å². The first-order chi connectivity index (χ1) is 8.38. The van der Waals surface area contributed by atoms with Gasteiger partial charge in [0, 0.05) is 6.54 Å². The van der Waals surface area contributed by atoms with Gasteiger partial charge in [0.05, 0.1) is 36.3 Å². The van der Waals surface area contributed by atoms with Gasteiger partial charge in [0.15, 0.2) is 0 Å². The van der Waals surface area contributed by atoms with Crippen molar-refractivity contribution in [2.75, 3.05) is 19.8 Å². The fourth-order valence-corrected chi connectivity index (χ4v) is 2.52. The Morgan fingerprint density at radius 3 is 2.67 bits per heavy atom.